The predicted molar refractivity (Wildman–Crippen MR) is 66.6 cm³/mol. The van der Waals surface area contributed by atoms with Crippen LogP contribution in [0.1, 0.15) is 33.1 Å². The number of hydrogen-bond acceptors (Lipinski definition) is 0. The van der Waals surface area contributed by atoms with Gasteiger partial charge in [0.25, 0.3) is 0 Å². The molecule has 0 bridgehead atoms. The van der Waals surface area contributed by atoms with E-state index in [4.69, 9.17) is 0 Å². The summed E-state index contributed by atoms with van der Waals surface area (Å²) < 4.78 is 0. The van der Waals surface area contributed by atoms with Crippen LogP contribution in [0.4, 0.5) is 0 Å². The average molecular weight is 202 g/mol. The van der Waals surface area contributed by atoms with E-state index >= 15 is 0 Å². The summed E-state index contributed by atoms with van der Waals surface area (Å²) in [4.78, 5) is 0. The van der Waals surface area contributed by atoms with Gasteiger partial charge in [0.15, 0.2) is 0 Å². The zero-order chi connectivity index (χ0) is 10.7. The van der Waals surface area contributed by atoms with E-state index in [2.05, 4.69) is 50.3 Å². The summed E-state index contributed by atoms with van der Waals surface area (Å²) in [5.41, 5.74) is 0. The molecule has 2 aliphatic carbocycles. The lowest BCUT2D eigenvalue weighted by Gasteiger charge is -2.31. The molecular formula is C15H22. The predicted octanol–water partition coefficient (Wildman–Crippen LogP) is 4.36. The summed E-state index contributed by atoms with van der Waals surface area (Å²) >= 11 is 0. The second-order valence-corrected chi connectivity index (χ2v) is 4.99. The first-order valence-electron chi connectivity index (χ1n) is 6.34. The summed E-state index contributed by atoms with van der Waals surface area (Å²) in [5.74, 6) is 3.18. The quantitative estimate of drug-likeness (QED) is 0.597. The maximum absolute atomic E-state index is 2.45. The minimum Gasteiger partial charge on any atom is -0.0879 e. The van der Waals surface area contributed by atoms with Crippen molar-refractivity contribution in [2.24, 2.45) is 23.7 Å². The van der Waals surface area contributed by atoms with Gasteiger partial charge in [0.2, 0.25) is 0 Å². The fourth-order valence-electron chi connectivity index (χ4n) is 3.08. The monoisotopic (exact) mass is 202 g/mol. The molecule has 4 atom stereocenters. The molecule has 0 radical (unpaired) electrons. The summed E-state index contributed by atoms with van der Waals surface area (Å²) in [5, 5.41) is 0. The van der Waals surface area contributed by atoms with Gasteiger partial charge in [0.1, 0.15) is 0 Å². The lowest BCUT2D eigenvalue weighted by atomic mass is 9.74. The van der Waals surface area contributed by atoms with Crippen LogP contribution >= 0.6 is 0 Å². The van der Waals surface area contributed by atoms with Crippen LogP contribution in [0.25, 0.3) is 0 Å². The van der Waals surface area contributed by atoms with E-state index in [1.165, 1.54) is 19.3 Å². The van der Waals surface area contributed by atoms with Crippen molar-refractivity contribution in [1.82, 2.24) is 0 Å². The van der Waals surface area contributed by atoms with Crippen LogP contribution in [0, 0.1) is 23.7 Å². The third-order valence-corrected chi connectivity index (χ3v) is 3.92. The Morgan fingerprint density at radius 1 is 1.13 bits per heavy atom. The molecule has 0 aromatic rings. The molecule has 0 aliphatic heterocycles. The SMILES string of the molecule is CCCC1C=CCC1C1C=CC=CC1C. The van der Waals surface area contributed by atoms with Crippen LogP contribution in [0.15, 0.2) is 36.5 Å². The minimum absolute atomic E-state index is 0.722. The maximum Gasteiger partial charge on any atom is -0.0133 e. The Kier molecular flexibility index (Phi) is 3.45. The summed E-state index contributed by atoms with van der Waals surface area (Å²) in [6.07, 6.45) is 18.0. The van der Waals surface area contributed by atoms with Crippen LogP contribution in [0.5, 0.6) is 0 Å². The van der Waals surface area contributed by atoms with Gasteiger partial charge >= 0.3 is 0 Å². The van der Waals surface area contributed by atoms with Crippen molar-refractivity contribution in [1.29, 1.82) is 0 Å². The average Bonchev–Trinajstić information content (AvgIpc) is 2.67. The molecule has 0 fully saturated rings. The van der Waals surface area contributed by atoms with E-state index in [9.17, 15) is 0 Å². The van der Waals surface area contributed by atoms with Crippen LogP contribution in [0.3, 0.4) is 0 Å². The fourth-order valence-corrected chi connectivity index (χ4v) is 3.08. The standard InChI is InChI=1S/C15H22/c1-3-7-13-9-6-11-15(13)14-10-5-4-8-12(14)2/h4-6,8-10,12-15H,3,7,11H2,1-2H3. The first kappa shape index (κ1) is 10.7. The van der Waals surface area contributed by atoms with Gasteiger partial charge in [-0.3, -0.25) is 0 Å². The molecule has 0 nitrogen and oxygen atoms in total. The molecule has 0 heterocycles. The first-order valence-corrected chi connectivity index (χ1v) is 6.34. The second kappa shape index (κ2) is 4.83. The smallest absolute Gasteiger partial charge is 0.0133 e. The molecule has 0 amide bonds. The van der Waals surface area contributed by atoms with E-state index in [0.29, 0.717) is 0 Å². The molecule has 15 heavy (non-hydrogen) atoms. The van der Waals surface area contributed by atoms with Crippen LogP contribution in [0.2, 0.25) is 0 Å². The Bertz CT molecular complexity index is 282. The zero-order valence-electron chi connectivity index (χ0n) is 9.89. The highest BCUT2D eigenvalue weighted by atomic mass is 14.4. The third kappa shape index (κ3) is 2.25. The molecule has 0 heteroatoms. The van der Waals surface area contributed by atoms with Gasteiger partial charge in [0.05, 0.1) is 0 Å². The highest BCUT2D eigenvalue weighted by Crippen LogP contribution is 2.40. The van der Waals surface area contributed by atoms with Crippen molar-refractivity contribution in [3.05, 3.63) is 36.5 Å². The van der Waals surface area contributed by atoms with Crippen LogP contribution in [-0.2, 0) is 0 Å². The van der Waals surface area contributed by atoms with Gasteiger partial charge in [0, 0.05) is 0 Å². The topological polar surface area (TPSA) is 0 Å². The molecule has 0 saturated heterocycles. The Hall–Kier alpha value is -0.780. The summed E-state index contributed by atoms with van der Waals surface area (Å²) in [6.45, 7) is 4.65. The van der Waals surface area contributed by atoms with Gasteiger partial charge in [-0.05, 0) is 36.5 Å². The van der Waals surface area contributed by atoms with Crippen molar-refractivity contribution in [3.8, 4) is 0 Å². The largest absolute Gasteiger partial charge is 0.0879 e. The van der Waals surface area contributed by atoms with Gasteiger partial charge in [-0.1, -0.05) is 56.7 Å². The first-order chi connectivity index (χ1) is 7.33. The molecule has 4 unspecified atom stereocenters. The number of hydrogen-bond donors (Lipinski definition) is 0. The molecule has 0 saturated carbocycles. The van der Waals surface area contributed by atoms with Crippen LogP contribution in [-0.4, -0.2) is 0 Å². The Morgan fingerprint density at radius 3 is 2.67 bits per heavy atom. The molecule has 0 aromatic carbocycles. The maximum atomic E-state index is 2.45. The second-order valence-electron chi connectivity index (χ2n) is 4.99. The third-order valence-electron chi connectivity index (χ3n) is 3.92. The van der Waals surface area contributed by atoms with Crippen molar-refractivity contribution in [2.75, 3.05) is 0 Å². The van der Waals surface area contributed by atoms with Crippen LogP contribution < -0.4 is 0 Å². The van der Waals surface area contributed by atoms with E-state index in [-0.39, 0.29) is 0 Å². The molecule has 0 aromatic heterocycles. The zero-order valence-corrected chi connectivity index (χ0v) is 9.89. The molecule has 2 rings (SSSR count). The molecule has 82 valence electrons. The van der Waals surface area contributed by atoms with Crippen molar-refractivity contribution in [3.63, 3.8) is 0 Å². The number of rotatable bonds is 3. The molecule has 0 spiro atoms. The van der Waals surface area contributed by atoms with Crippen molar-refractivity contribution >= 4 is 0 Å². The lowest BCUT2D eigenvalue weighted by Crippen LogP contribution is -2.23. The van der Waals surface area contributed by atoms with Gasteiger partial charge in [-0.2, -0.15) is 0 Å². The van der Waals surface area contributed by atoms with Gasteiger partial charge in [-0.15, -0.1) is 0 Å². The highest BCUT2D eigenvalue weighted by molar-refractivity contribution is 5.17. The van der Waals surface area contributed by atoms with Gasteiger partial charge in [-0.25, -0.2) is 0 Å². The number of allylic oxidation sites excluding steroid dienone is 6. The Labute approximate surface area is 93.8 Å². The van der Waals surface area contributed by atoms with Gasteiger partial charge < -0.3 is 0 Å². The normalized spacial score (nSPS) is 38.8. The lowest BCUT2D eigenvalue weighted by molar-refractivity contribution is 0.268. The van der Waals surface area contributed by atoms with E-state index in [1.807, 2.05) is 0 Å². The Balaban J connectivity index is 2.04. The Morgan fingerprint density at radius 2 is 1.93 bits per heavy atom. The summed E-state index contributed by atoms with van der Waals surface area (Å²) in [6, 6.07) is 0. The highest BCUT2D eigenvalue weighted by Gasteiger charge is 2.31. The van der Waals surface area contributed by atoms with E-state index in [0.717, 1.165) is 23.7 Å². The molecular weight excluding hydrogens is 180 g/mol. The van der Waals surface area contributed by atoms with E-state index in [1.54, 1.807) is 0 Å². The van der Waals surface area contributed by atoms with Crippen molar-refractivity contribution < 1.29 is 0 Å². The molecule has 0 N–H and O–H groups in total. The molecule has 2 aliphatic rings. The minimum atomic E-state index is 0.722. The fraction of sp³-hybridized carbons (Fsp3) is 0.600. The van der Waals surface area contributed by atoms with E-state index < -0.39 is 0 Å². The van der Waals surface area contributed by atoms with Crippen molar-refractivity contribution in [2.45, 2.75) is 33.1 Å². The summed E-state index contributed by atoms with van der Waals surface area (Å²) in [7, 11) is 0.